The average molecular weight is 342 g/mol. The number of amides is 2. The van der Waals surface area contributed by atoms with E-state index in [1.807, 2.05) is 11.0 Å². The highest BCUT2D eigenvalue weighted by Crippen LogP contribution is 2.26. The summed E-state index contributed by atoms with van der Waals surface area (Å²) in [5, 5.41) is 3.98. The Morgan fingerprint density at radius 1 is 1.32 bits per heavy atom. The van der Waals surface area contributed by atoms with Gasteiger partial charge in [-0.3, -0.25) is 14.6 Å². The summed E-state index contributed by atoms with van der Waals surface area (Å²) in [6, 6.07) is 3.70. The largest absolute Gasteiger partial charge is 0.345 e. The molecule has 25 heavy (non-hydrogen) atoms. The van der Waals surface area contributed by atoms with Crippen molar-refractivity contribution in [2.24, 2.45) is 0 Å². The Balaban J connectivity index is 1.64. The number of aromatic nitrogens is 4. The zero-order valence-electron chi connectivity index (χ0n) is 14.5. The molecule has 3 heterocycles. The van der Waals surface area contributed by atoms with Crippen LogP contribution in [-0.4, -0.2) is 68.5 Å². The van der Waals surface area contributed by atoms with Crippen molar-refractivity contribution in [2.75, 3.05) is 27.2 Å². The molecule has 2 aromatic heterocycles. The first kappa shape index (κ1) is 17.1. The molecule has 0 spiro atoms. The van der Waals surface area contributed by atoms with Gasteiger partial charge in [0, 0.05) is 45.0 Å². The van der Waals surface area contributed by atoms with Crippen LogP contribution in [0.25, 0.3) is 0 Å². The van der Waals surface area contributed by atoms with Crippen LogP contribution in [0.3, 0.4) is 0 Å². The van der Waals surface area contributed by atoms with E-state index in [1.54, 1.807) is 32.7 Å². The van der Waals surface area contributed by atoms with Gasteiger partial charge in [0.25, 0.3) is 5.91 Å². The number of piperidine rings is 1. The van der Waals surface area contributed by atoms with Gasteiger partial charge in [0.1, 0.15) is 19.2 Å². The van der Waals surface area contributed by atoms with Gasteiger partial charge >= 0.3 is 0 Å². The maximum absolute atomic E-state index is 12.4. The van der Waals surface area contributed by atoms with Crippen molar-refractivity contribution in [3.63, 3.8) is 0 Å². The second kappa shape index (κ2) is 7.42. The maximum Gasteiger partial charge on any atom is 0.254 e. The molecule has 2 aromatic rings. The van der Waals surface area contributed by atoms with Crippen molar-refractivity contribution in [3.8, 4) is 0 Å². The van der Waals surface area contributed by atoms with Crippen molar-refractivity contribution in [2.45, 2.75) is 25.3 Å². The van der Waals surface area contributed by atoms with E-state index in [4.69, 9.17) is 0 Å². The number of carbonyl (C=O) groups excluding carboxylic acids is 2. The molecule has 132 valence electrons. The summed E-state index contributed by atoms with van der Waals surface area (Å²) >= 11 is 0. The normalized spacial score (nSPS) is 17.4. The van der Waals surface area contributed by atoms with Gasteiger partial charge in [-0.15, -0.1) is 0 Å². The molecule has 0 aliphatic carbocycles. The van der Waals surface area contributed by atoms with Crippen LogP contribution in [0.4, 0.5) is 0 Å². The van der Waals surface area contributed by atoms with Gasteiger partial charge < -0.3 is 9.80 Å². The van der Waals surface area contributed by atoms with Crippen LogP contribution in [0.1, 0.15) is 34.8 Å². The van der Waals surface area contributed by atoms with E-state index in [9.17, 15) is 9.59 Å². The van der Waals surface area contributed by atoms with Crippen molar-refractivity contribution >= 4 is 11.8 Å². The molecular weight excluding hydrogens is 320 g/mol. The monoisotopic (exact) mass is 342 g/mol. The van der Waals surface area contributed by atoms with Gasteiger partial charge in [0.2, 0.25) is 5.91 Å². The van der Waals surface area contributed by atoms with Gasteiger partial charge in [0.05, 0.1) is 5.56 Å². The third-order valence-electron chi connectivity index (χ3n) is 4.40. The fourth-order valence-corrected chi connectivity index (χ4v) is 3.03. The van der Waals surface area contributed by atoms with Crippen LogP contribution in [0, 0.1) is 0 Å². The number of likely N-dealkylation sites (tertiary alicyclic amines) is 1. The molecule has 8 nitrogen and oxygen atoms in total. The quantitative estimate of drug-likeness (QED) is 0.820. The van der Waals surface area contributed by atoms with Crippen LogP contribution in [-0.2, 0) is 11.3 Å². The Hall–Kier alpha value is -2.77. The lowest BCUT2D eigenvalue weighted by Gasteiger charge is -2.32. The lowest BCUT2D eigenvalue weighted by atomic mass is 9.94. The first-order chi connectivity index (χ1) is 12.0. The van der Waals surface area contributed by atoms with Gasteiger partial charge in [-0.2, -0.15) is 5.10 Å². The molecule has 0 N–H and O–H groups in total. The molecule has 8 heteroatoms. The Bertz CT molecular complexity index is 726. The van der Waals surface area contributed by atoms with Crippen molar-refractivity contribution in [1.29, 1.82) is 0 Å². The molecule has 1 fully saturated rings. The first-order valence-corrected chi connectivity index (χ1v) is 8.32. The third kappa shape index (κ3) is 4.01. The van der Waals surface area contributed by atoms with E-state index >= 15 is 0 Å². The zero-order chi connectivity index (χ0) is 17.8. The summed E-state index contributed by atoms with van der Waals surface area (Å²) in [4.78, 5) is 36.1. The standard InChI is InChI=1S/C17H22N6O2/c1-21(2)17(25)13-5-6-15(19-8-13)14-4-3-7-22(9-14)16(24)10-23-12-18-11-20-23/h5-6,8,11-12,14H,3-4,7,9-10H2,1-2H3. The highest BCUT2D eigenvalue weighted by molar-refractivity contribution is 5.93. The van der Waals surface area contributed by atoms with Crippen molar-refractivity contribution < 1.29 is 9.59 Å². The van der Waals surface area contributed by atoms with Crippen molar-refractivity contribution in [1.82, 2.24) is 29.5 Å². The lowest BCUT2D eigenvalue weighted by molar-refractivity contribution is -0.133. The first-order valence-electron chi connectivity index (χ1n) is 8.32. The average Bonchev–Trinajstić information content (AvgIpc) is 3.14. The molecule has 0 saturated carbocycles. The maximum atomic E-state index is 12.4. The molecule has 1 unspecified atom stereocenters. The highest BCUT2D eigenvalue weighted by Gasteiger charge is 2.26. The topological polar surface area (TPSA) is 84.2 Å². The summed E-state index contributed by atoms with van der Waals surface area (Å²) in [7, 11) is 3.44. The minimum Gasteiger partial charge on any atom is -0.345 e. The minimum absolute atomic E-state index is 0.0367. The number of pyridine rings is 1. The summed E-state index contributed by atoms with van der Waals surface area (Å²) in [5.41, 5.74) is 1.50. The second-order valence-corrected chi connectivity index (χ2v) is 6.44. The molecule has 0 bridgehead atoms. The summed E-state index contributed by atoms with van der Waals surface area (Å²) in [6.45, 7) is 1.60. The zero-order valence-corrected chi connectivity index (χ0v) is 14.5. The fraction of sp³-hybridized carbons (Fsp3) is 0.471. The smallest absolute Gasteiger partial charge is 0.254 e. The Kier molecular flexibility index (Phi) is 5.06. The molecule has 1 aliphatic heterocycles. The van der Waals surface area contributed by atoms with Crippen LogP contribution in [0.15, 0.2) is 31.0 Å². The Labute approximate surface area is 146 Å². The van der Waals surface area contributed by atoms with E-state index in [0.717, 1.165) is 25.1 Å². The Morgan fingerprint density at radius 2 is 2.16 bits per heavy atom. The van der Waals surface area contributed by atoms with Gasteiger partial charge in [-0.25, -0.2) is 9.67 Å². The van der Waals surface area contributed by atoms with E-state index in [1.165, 1.54) is 15.9 Å². The predicted octanol–water partition coefficient (Wildman–Crippen LogP) is 0.781. The third-order valence-corrected chi connectivity index (χ3v) is 4.40. The van der Waals surface area contributed by atoms with Crippen LogP contribution in [0.5, 0.6) is 0 Å². The summed E-state index contributed by atoms with van der Waals surface area (Å²) in [5.74, 6) is 0.166. The van der Waals surface area contributed by atoms with Gasteiger partial charge in [-0.05, 0) is 25.0 Å². The van der Waals surface area contributed by atoms with E-state index in [2.05, 4.69) is 15.1 Å². The Morgan fingerprint density at radius 3 is 2.80 bits per heavy atom. The number of hydrogen-bond donors (Lipinski definition) is 0. The highest BCUT2D eigenvalue weighted by atomic mass is 16.2. The van der Waals surface area contributed by atoms with E-state index in [0.29, 0.717) is 12.1 Å². The summed E-state index contributed by atoms with van der Waals surface area (Å²) < 4.78 is 1.53. The SMILES string of the molecule is CN(C)C(=O)c1ccc(C2CCCN(C(=O)Cn3cncn3)C2)nc1. The molecule has 1 atom stereocenters. The molecule has 3 rings (SSSR count). The molecule has 1 saturated heterocycles. The number of rotatable bonds is 4. The predicted molar refractivity (Wildman–Crippen MR) is 90.8 cm³/mol. The van der Waals surface area contributed by atoms with Crippen LogP contribution < -0.4 is 0 Å². The second-order valence-electron chi connectivity index (χ2n) is 6.44. The van der Waals surface area contributed by atoms with Gasteiger partial charge in [0.15, 0.2) is 0 Å². The number of hydrogen-bond acceptors (Lipinski definition) is 5. The van der Waals surface area contributed by atoms with E-state index in [-0.39, 0.29) is 24.3 Å². The van der Waals surface area contributed by atoms with E-state index < -0.39 is 0 Å². The fourth-order valence-electron chi connectivity index (χ4n) is 3.03. The van der Waals surface area contributed by atoms with Crippen LogP contribution in [0.2, 0.25) is 0 Å². The number of nitrogens with zero attached hydrogens (tertiary/aromatic N) is 6. The van der Waals surface area contributed by atoms with Crippen molar-refractivity contribution in [3.05, 3.63) is 42.2 Å². The molecule has 2 amide bonds. The number of carbonyl (C=O) groups is 2. The molecule has 1 aliphatic rings. The minimum atomic E-state index is -0.0627. The lowest BCUT2D eigenvalue weighted by Crippen LogP contribution is -2.41. The summed E-state index contributed by atoms with van der Waals surface area (Å²) in [6.07, 6.45) is 6.51. The molecule has 0 radical (unpaired) electrons. The molecular formula is C17H22N6O2. The van der Waals surface area contributed by atoms with Crippen LogP contribution >= 0.6 is 0 Å². The van der Waals surface area contributed by atoms with Gasteiger partial charge in [-0.1, -0.05) is 0 Å². The molecule has 0 aromatic carbocycles.